The molecule has 2 saturated heterocycles. The summed E-state index contributed by atoms with van der Waals surface area (Å²) in [5.74, 6) is 1.47. The van der Waals surface area contributed by atoms with Crippen molar-refractivity contribution >= 4 is 29.9 Å². The van der Waals surface area contributed by atoms with Gasteiger partial charge in [-0.05, 0) is 24.8 Å². The number of guanidine groups is 1. The molecule has 1 aromatic rings. The van der Waals surface area contributed by atoms with Crippen molar-refractivity contribution < 1.29 is 9.47 Å². The normalized spacial score (nSPS) is 24.8. The second-order valence-electron chi connectivity index (χ2n) is 6.85. The number of nitrogens with zero attached hydrogens (tertiary/aromatic N) is 2. The predicted molar refractivity (Wildman–Crippen MR) is 117 cm³/mol. The lowest BCUT2D eigenvalue weighted by molar-refractivity contribution is -0.0817. The molecule has 146 valence electrons. The Morgan fingerprint density at radius 3 is 2.65 bits per heavy atom. The van der Waals surface area contributed by atoms with Gasteiger partial charge >= 0.3 is 0 Å². The lowest BCUT2D eigenvalue weighted by Gasteiger charge is -2.37. The van der Waals surface area contributed by atoms with Crippen molar-refractivity contribution in [1.82, 2.24) is 10.2 Å². The maximum absolute atomic E-state index is 5.95. The van der Waals surface area contributed by atoms with Crippen molar-refractivity contribution in [2.75, 3.05) is 39.9 Å². The Labute approximate surface area is 174 Å². The third kappa shape index (κ3) is 5.57. The van der Waals surface area contributed by atoms with E-state index in [4.69, 9.17) is 9.47 Å². The lowest BCUT2D eigenvalue weighted by Crippen LogP contribution is -2.53. The topological polar surface area (TPSA) is 46.1 Å². The Balaban J connectivity index is 0.00000243. The van der Waals surface area contributed by atoms with E-state index in [-0.39, 0.29) is 36.2 Å². The molecule has 0 radical (unpaired) electrons. The summed E-state index contributed by atoms with van der Waals surface area (Å²) in [5, 5.41) is 3.58. The van der Waals surface area contributed by atoms with Crippen LogP contribution in [0.5, 0.6) is 0 Å². The average molecular weight is 473 g/mol. The lowest BCUT2D eigenvalue weighted by atomic mass is 9.96. The van der Waals surface area contributed by atoms with Gasteiger partial charge in [0.15, 0.2) is 5.96 Å². The number of morpholine rings is 1. The first-order valence-corrected chi connectivity index (χ1v) is 9.55. The van der Waals surface area contributed by atoms with E-state index in [1.807, 2.05) is 7.05 Å². The number of hydrogen-bond acceptors (Lipinski definition) is 3. The van der Waals surface area contributed by atoms with Gasteiger partial charge in [0.05, 0.1) is 12.7 Å². The van der Waals surface area contributed by atoms with Gasteiger partial charge in [-0.25, -0.2) is 0 Å². The highest BCUT2D eigenvalue weighted by Gasteiger charge is 2.32. The Hall–Kier alpha value is -0.860. The molecule has 3 rings (SSSR count). The Kier molecular flexibility index (Phi) is 9.15. The Bertz CT molecular complexity index is 549. The standard InChI is InChI=1S/C20H31N3O2.HI/c1-3-16(17-8-5-4-6-9-17)14-22-20(21-2)23-11-13-25-19(15-23)18-10-7-12-24-18;/h4-6,8-9,16,18-19H,3,7,10-15H2,1-2H3,(H,21,22);1H. The summed E-state index contributed by atoms with van der Waals surface area (Å²) in [5.41, 5.74) is 1.38. The third-order valence-corrected chi connectivity index (χ3v) is 5.25. The molecule has 2 heterocycles. The zero-order valence-corrected chi connectivity index (χ0v) is 18.2. The van der Waals surface area contributed by atoms with Crippen LogP contribution in [-0.2, 0) is 9.47 Å². The molecule has 3 unspecified atom stereocenters. The van der Waals surface area contributed by atoms with Crippen molar-refractivity contribution in [1.29, 1.82) is 0 Å². The van der Waals surface area contributed by atoms with Crippen LogP contribution >= 0.6 is 24.0 Å². The summed E-state index contributed by atoms with van der Waals surface area (Å²) in [6.07, 6.45) is 3.76. The van der Waals surface area contributed by atoms with Gasteiger partial charge in [0.1, 0.15) is 6.10 Å². The van der Waals surface area contributed by atoms with E-state index in [0.717, 1.165) is 58.1 Å². The van der Waals surface area contributed by atoms with Crippen LogP contribution in [0.25, 0.3) is 0 Å². The van der Waals surface area contributed by atoms with E-state index in [1.165, 1.54) is 5.56 Å². The largest absolute Gasteiger partial charge is 0.375 e. The van der Waals surface area contributed by atoms with Crippen molar-refractivity contribution in [2.45, 2.75) is 44.3 Å². The van der Waals surface area contributed by atoms with E-state index in [0.29, 0.717) is 5.92 Å². The minimum atomic E-state index is 0. The fraction of sp³-hybridized carbons (Fsp3) is 0.650. The third-order valence-electron chi connectivity index (χ3n) is 5.25. The van der Waals surface area contributed by atoms with Gasteiger partial charge in [0.2, 0.25) is 0 Å². The van der Waals surface area contributed by atoms with Crippen molar-refractivity contribution in [3.63, 3.8) is 0 Å². The van der Waals surface area contributed by atoms with E-state index < -0.39 is 0 Å². The fourth-order valence-corrected chi connectivity index (χ4v) is 3.76. The molecule has 26 heavy (non-hydrogen) atoms. The van der Waals surface area contributed by atoms with Crippen LogP contribution in [0.3, 0.4) is 0 Å². The molecule has 2 aliphatic rings. The summed E-state index contributed by atoms with van der Waals surface area (Å²) in [6.45, 7) is 6.48. The molecule has 0 bridgehead atoms. The van der Waals surface area contributed by atoms with Gasteiger partial charge in [-0.1, -0.05) is 37.3 Å². The van der Waals surface area contributed by atoms with E-state index >= 15 is 0 Å². The highest BCUT2D eigenvalue weighted by molar-refractivity contribution is 14.0. The number of benzene rings is 1. The molecule has 0 saturated carbocycles. The highest BCUT2D eigenvalue weighted by atomic mass is 127. The fourth-order valence-electron chi connectivity index (χ4n) is 3.76. The van der Waals surface area contributed by atoms with Gasteiger partial charge in [-0.2, -0.15) is 0 Å². The van der Waals surface area contributed by atoms with Gasteiger partial charge in [0.25, 0.3) is 0 Å². The number of ether oxygens (including phenoxy) is 2. The minimum absolute atomic E-state index is 0. The molecule has 1 aromatic carbocycles. The molecular weight excluding hydrogens is 441 g/mol. The molecule has 0 amide bonds. The Morgan fingerprint density at radius 1 is 1.23 bits per heavy atom. The van der Waals surface area contributed by atoms with E-state index in [2.05, 4.69) is 52.5 Å². The van der Waals surface area contributed by atoms with Crippen molar-refractivity contribution in [3.8, 4) is 0 Å². The maximum atomic E-state index is 5.95. The van der Waals surface area contributed by atoms with Crippen LogP contribution in [0, 0.1) is 0 Å². The summed E-state index contributed by atoms with van der Waals surface area (Å²) >= 11 is 0. The van der Waals surface area contributed by atoms with Crippen LogP contribution in [0.2, 0.25) is 0 Å². The zero-order valence-electron chi connectivity index (χ0n) is 15.9. The molecule has 1 N–H and O–H groups in total. The monoisotopic (exact) mass is 473 g/mol. The van der Waals surface area contributed by atoms with E-state index in [9.17, 15) is 0 Å². The molecule has 0 spiro atoms. The molecule has 5 nitrogen and oxygen atoms in total. The van der Waals surface area contributed by atoms with E-state index in [1.54, 1.807) is 0 Å². The number of aliphatic imine (C=N–C) groups is 1. The molecule has 2 fully saturated rings. The van der Waals surface area contributed by atoms with Crippen LogP contribution in [0.15, 0.2) is 35.3 Å². The van der Waals surface area contributed by atoms with Gasteiger partial charge in [-0.3, -0.25) is 4.99 Å². The summed E-state index contributed by atoms with van der Waals surface area (Å²) in [6, 6.07) is 10.7. The summed E-state index contributed by atoms with van der Waals surface area (Å²) in [4.78, 5) is 6.82. The first-order valence-electron chi connectivity index (χ1n) is 9.55. The molecule has 0 aromatic heterocycles. The first-order chi connectivity index (χ1) is 12.3. The average Bonchev–Trinajstić information content (AvgIpc) is 3.21. The predicted octanol–water partition coefficient (Wildman–Crippen LogP) is 3.25. The summed E-state index contributed by atoms with van der Waals surface area (Å²) < 4.78 is 11.8. The number of nitrogens with one attached hydrogen (secondary N) is 1. The van der Waals surface area contributed by atoms with Crippen LogP contribution in [-0.4, -0.2) is 63.0 Å². The van der Waals surface area contributed by atoms with Crippen LogP contribution < -0.4 is 5.32 Å². The quantitative estimate of drug-likeness (QED) is 0.405. The zero-order chi connectivity index (χ0) is 17.5. The summed E-state index contributed by atoms with van der Waals surface area (Å²) in [7, 11) is 1.86. The van der Waals surface area contributed by atoms with Crippen molar-refractivity contribution in [2.24, 2.45) is 4.99 Å². The van der Waals surface area contributed by atoms with Crippen molar-refractivity contribution in [3.05, 3.63) is 35.9 Å². The molecule has 3 atom stereocenters. The second kappa shape index (κ2) is 11.1. The molecule has 0 aliphatic carbocycles. The van der Waals surface area contributed by atoms with Crippen LogP contribution in [0.1, 0.15) is 37.7 Å². The molecular formula is C20H32IN3O2. The number of halogens is 1. The van der Waals surface area contributed by atoms with Crippen LogP contribution in [0.4, 0.5) is 0 Å². The second-order valence-corrected chi connectivity index (χ2v) is 6.85. The van der Waals surface area contributed by atoms with Gasteiger partial charge < -0.3 is 19.7 Å². The van der Waals surface area contributed by atoms with Gasteiger partial charge in [-0.15, -0.1) is 24.0 Å². The number of rotatable bonds is 5. The smallest absolute Gasteiger partial charge is 0.193 e. The molecule has 6 heteroatoms. The SMILES string of the molecule is CCC(CNC(=NC)N1CCOC(C2CCCO2)C1)c1ccccc1.I. The van der Waals surface area contributed by atoms with Gasteiger partial charge in [0, 0.05) is 39.2 Å². The first kappa shape index (κ1) is 21.4. The highest BCUT2D eigenvalue weighted by Crippen LogP contribution is 2.21. The number of hydrogen-bond donors (Lipinski definition) is 1. The molecule has 2 aliphatic heterocycles. The minimum Gasteiger partial charge on any atom is -0.375 e. The Morgan fingerprint density at radius 2 is 2.00 bits per heavy atom. The maximum Gasteiger partial charge on any atom is 0.193 e.